The fraction of sp³-hybridized carbons (Fsp3) is 0.450. The lowest BCUT2D eigenvalue weighted by atomic mass is 9.77. The molecule has 2 N–H and O–H groups in total. The molecular formula is C20H26N2O2S. The Morgan fingerprint density at radius 2 is 2.04 bits per heavy atom. The maximum atomic E-state index is 12.5. The zero-order valence-corrected chi connectivity index (χ0v) is 15.6. The van der Waals surface area contributed by atoms with E-state index in [9.17, 15) is 9.90 Å². The number of aryl methyl sites for hydroxylation is 1. The molecule has 1 atom stereocenters. The number of amides is 1. The van der Waals surface area contributed by atoms with E-state index in [0.717, 1.165) is 19.4 Å². The molecular weight excluding hydrogens is 332 g/mol. The number of likely N-dealkylation sites (N-methyl/N-ethyl adjacent to an activating group) is 1. The number of aliphatic hydroxyl groups excluding tert-OH is 1. The lowest BCUT2D eigenvalue weighted by Gasteiger charge is -2.37. The summed E-state index contributed by atoms with van der Waals surface area (Å²) in [5.74, 6) is 0.370. The lowest BCUT2D eigenvalue weighted by Crippen LogP contribution is -2.43. The first kappa shape index (κ1) is 18.1. The van der Waals surface area contributed by atoms with E-state index >= 15 is 0 Å². The molecule has 0 radical (unpaired) electrons. The van der Waals surface area contributed by atoms with E-state index in [1.807, 2.05) is 23.4 Å². The number of carbonyl (C=O) groups excluding carboxylic acids is 1. The van der Waals surface area contributed by atoms with Crippen molar-refractivity contribution in [1.29, 1.82) is 0 Å². The average Bonchev–Trinajstić information content (AvgIpc) is 3.06. The van der Waals surface area contributed by atoms with E-state index in [0.29, 0.717) is 12.5 Å². The summed E-state index contributed by atoms with van der Waals surface area (Å²) in [6.07, 6.45) is 1.32. The van der Waals surface area contributed by atoms with Gasteiger partial charge in [-0.1, -0.05) is 35.9 Å². The minimum atomic E-state index is -0.214. The smallest absolute Gasteiger partial charge is 0.234 e. The standard InChI is InChI=1S/C20H26N2O2S/c1-14-5-7-15(8-6-14)12-22(2)13-19(24)21-20(16-10-17(23)11-16)18-4-3-9-25-18/h3-9,16-17,20,23H,10-13H2,1-2H3,(H,21,24)/t16?,17?,20-/m0/s1. The highest BCUT2D eigenvalue weighted by molar-refractivity contribution is 7.10. The van der Waals surface area contributed by atoms with Crippen molar-refractivity contribution in [2.24, 2.45) is 5.92 Å². The van der Waals surface area contributed by atoms with Crippen LogP contribution in [0.2, 0.25) is 0 Å². The summed E-state index contributed by atoms with van der Waals surface area (Å²) in [7, 11) is 1.96. The van der Waals surface area contributed by atoms with Crippen LogP contribution < -0.4 is 5.32 Å². The topological polar surface area (TPSA) is 52.6 Å². The summed E-state index contributed by atoms with van der Waals surface area (Å²) in [6, 6.07) is 12.5. The highest BCUT2D eigenvalue weighted by Gasteiger charge is 2.36. The molecule has 4 nitrogen and oxygen atoms in total. The normalized spacial score (nSPS) is 21.0. The molecule has 5 heteroatoms. The van der Waals surface area contributed by atoms with Gasteiger partial charge in [0.05, 0.1) is 18.7 Å². The van der Waals surface area contributed by atoms with Crippen molar-refractivity contribution in [1.82, 2.24) is 10.2 Å². The molecule has 0 aliphatic heterocycles. The predicted octanol–water partition coefficient (Wildman–Crippen LogP) is 3.12. The monoisotopic (exact) mass is 358 g/mol. The molecule has 0 bridgehead atoms. The third-order valence-electron chi connectivity index (χ3n) is 4.77. The quantitative estimate of drug-likeness (QED) is 0.800. The summed E-state index contributed by atoms with van der Waals surface area (Å²) < 4.78 is 0. The predicted molar refractivity (Wildman–Crippen MR) is 101 cm³/mol. The van der Waals surface area contributed by atoms with Crippen LogP contribution in [0.15, 0.2) is 41.8 Å². The van der Waals surface area contributed by atoms with Crippen LogP contribution >= 0.6 is 11.3 Å². The van der Waals surface area contributed by atoms with Crippen molar-refractivity contribution in [3.8, 4) is 0 Å². The number of nitrogens with one attached hydrogen (secondary N) is 1. The van der Waals surface area contributed by atoms with Crippen molar-refractivity contribution in [2.45, 2.75) is 38.5 Å². The number of rotatable bonds is 7. The summed E-state index contributed by atoms with van der Waals surface area (Å²) >= 11 is 1.66. The van der Waals surface area contributed by atoms with Gasteiger partial charge in [0.15, 0.2) is 0 Å². The van der Waals surface area contributed by atoms with Gasteiger partial charge in [-0.05, 0) is 49.7 Å². The minimum Gasteiger partial charge on any atom is -0.393 e. The molecule has 2 aromatic rings. The molecule has 1 aliphatic rings. The minimum absolute atomic E-state index is 0.0173. The first-order chi connectivity index (χ1) is 12.0. The number of hydrogen-bond donors (Lipinski definition) is 2. The van der Waals surface area contributed by atoms with Crippen LogP contribution in [-0.4, -0.2) is 35.6 Å². The van der Waals surface area contributed by atoms with Crippen LogP contribution in [0.3, 0.4) is 0 Å². The van der Waals surface area contributed by atoms with Crippen molar-refractivity contribution in [2.75, 3.05) is 13.6 Å². The van der Waals surface area contributed by atoms with Crippen molar-refractivity contribution < 1.29 is 9.90 Å². The van der Waals surface area contributed by atoms with Gasteiger partial charge in [-0.15, -0.1) is 11.3 Å². The van der Waals surface area contributed by atoms with Crippen molar-refractivity contribution in [3.63, 3.8) is 0 Å². The van der Waals surface area contributed by atoms with E-state index in [-0.39, 0.29) is 18.1 Å². The van der Waals surface area contributed by atoms with Crippen LogP contribution in [0.5, 0.6) is 0 Å². The van der Waals surface area contributed by atoms with Gasteiger partial charge in [0, 0.05) is 11.4 Å². The Labute approximate surface area is 153 Å². The molecule has 134 valence electrons. The summed E-state index contributed by atoms with van der Waals surface area (Å²) in [6.45, 7) is 3.19. The van der Waals surface area contributed by atoms with Gasteiger partial charge < -0.3 is 10.4 Å². The van der Waals surface area contributed by atoms with Crippen LogP contribution in [0, 0.1) is 12.8 Å². The van der Waals surface area contributed by atoms with Gasteiger partial charge >= 0.3 is 0 Å². The molecule has 1 amide bonds. The summed E-state index contributed by atoms with van der Waals surface area (Å²) in [5.41, 5.74) is 2.45. The van der Waals surface area contributed by atoms with Gasteiger partial charge in [-0.25, -0.2) is 0 Å². The van der Waals surface area contributed by atoms with Gasteiger partial charge in [-0.3, -0.25) is 9.69 Å². The van der Waals surface area contributed by atoms with Crippen LogP contribution in [0.4, 0.5) is 0 Å². The molecule has 1 heterocycles. The van der Waals surface area contributed by atoms with Crippen molar-refractivity contribution in [3.05, 3.63) is 57.8 Å². The highest BCUT2D eigenvalue weighted by atomic mass is 32.1. The SMILES string of the molecule is Cc1ccc(CN(C)CC(=O)N[C@H](c2cccs2)C2CC(O)C2)cc1. The van der Waals surface area contributed by atoms with Gasteiger partial charge in [-0.2, -0.15) is 0 Å². The van der Waals surface area contributed by atoms with Gasteiger partial charge in [0.1, 0.15) is 0 Å². The molecule has 0 spiro atoms. The second-order valence-electron chi connectivity index (χ2n) is 7.10. The summed E-state index contributed by atoms with van der Waals surface area (Å²) in [5, 5.41) is 14.8. The Kier molecular flexibility index (Phi) is 5.89. The van der Waals surface area contributed by atoms with Crippen LogP contribution in [-0.2, 0) is 11.3 Å². The van der Waals surface area contributed by atoms with E-state index in [1.54, 1.807) is 11.3 Å². The molecule has 25 heavy (non-hydrogen) atoms. The molecule has 1 fully saturated rings. The van der Waals surface area contributed by atoms with E-state index in [2.05, 4.69) is 42.6 Å². The second-order valence-corrected chi connectivity index (χ2v) is 8.08. The van der Waals surface area contributed by atoms with E-state index in [4.69, 9.17) is 0 Å². The Balaban J connectivity index is 1.55. The first-order valence-electron chi connectivity index (χ1n) is 8.76. The zero-order valence-electron chi connectivity index (χ0n) is 14.8. The number of benzene rings is 1. The number of nitrogens with zero attached hydrogens (tertiary/aromatic N) is 1. The zero-order chi connectivity index (χ0) is 17.8. The third-order valence-corrected chi connectivity index (χ3v) is 5.73. The van der Waals surface area contributed by atoms with E-state index < -0.39 is 0 Å². The molecule has 1 saturated carbocycles. The number of carbonyl (C=O) groups is 1. The molecule has 1 aliphatic carbocycles. The lowest BCUT2D eigenvalue weighted by molar-refractivity contribution is -0.124. The van der Waals surface area contributed by atoms with Crippen LogP contribution in [0.1, 0.15) is 34.9 Å². The highest BCUT2D eigenvalue weighted by Crippen LogP contribution is 2.39. The van der Waals surface area contributed by atoms with Crippen LogP contribution in [0.25, 0.3) is 0 Å². The molecule has 1 aromatic carbocycles. The molecule has 3 rings (SSSR count). The van der Waals surface area contributed by atoms with Crippen molar-refractivity contribution >= 4 is 17.2 Å². The van der Waals surface area contributed by atoms with Gasteiger partial charge in [0.2, 0.25) is 5.91 Å². The fourth-order valence-electron chi connectivity index (χ4n) is 3.32. The maximum Gasteiger partial charge on any atom is 0.234 e. The molecule has 1 aromatic heterocycles. The Bertz CT molecular complexity index is 678. The Morgan fingerprint density at radius 3 is 2.64 bits per heavy atom. The third kappa shape index (κ3) is 4.91. The van der Waals surface area contributed by atoms with Gasteiger partial charge in [0.25, 0.3) is 0 Å². The number of thiophene rings is 1. The maximum absolute atomic E-state index is 12.5. The fourth-order valence-corrected chi connectivity index (χ4v) is 4.19. The molecule has 0 saturated heterocycles. The number of hydrogen-bond acceptors (Lipinski definition) is 4. The number of aliphatic hydroxyl groups is 1. The largest absolute Gasteiger partial charge is 0.393 e. The molecule has 0 unspecified atom stereocenters. The Morgan fingerprint density at radius 1 is 1.32 bits per heavy atom. The summed E-state index contributed by atoms with van der Waals surface area (Å²) in [4.78, 5) is 15.7. The average molecular weight is 359 g/mol. The first-order valence-corrected chi connectivity index (χ1v) is 9.64. The second kappa shape index (κ2) is 8.13. The Hall–Kier alpha value is -1.69. The van der Waals surface area contributed by atoms with E-state index in [1.165, 1.54) is 16.0 Å².